The molecule has 0 bridgehead atoms. The third kappa shape index (κ3) is 5.43. The topological polar surface area (TPSA) is 6.48 Å². The Morgan fingerprint density at radius 2 is 1.76 bits per heavy atom. The highest BCUT2D eigenvalue weighted by molar-refractivity contribution is 5.17. The lowest BCUT2D eigenvalue weighted by Crippen LogP contribution is -2.40. The van der Waals surface area contributed by atoms with Crippen LogP contribution in [-0.2, 0) is 6.54 Å². The number of benzene rings is 1. The van der Waals surface area contributed by atoms with Crippen molar-refractivity contribution < 1.29 is 0 Å². The molecule has 2 heteroatoms. The van der Waals surface area contributed by atoms with E-state index in [0.29, 0.717) is 0 Å². The molecular formula is C23H36N2. The lowest BCUT2D eigenvalue weighted by Gasteiger charge is -2.38. The molecule has 2 aliphatic heterocycles. The first kappa shape index (κ1) is 18.7. The number of rotatable bonds is 7. The molecule has 138 valence electrons. The highest BCUT2D eigenvalue weighted by Gasteiger charge is 2.27. The molecule has 0 saturated carbocycles. The normalized spacial score (nSPS) is 23.6. The van der Waals surface area contributed by atoms with Crippen LogP contribution in [0.2, 0.25) is 0 Å². The quantitative estimate of drug-likeness (QED) is 0.647. The Morgan fingerprint density at radius 1 is 1.00 bits per heavy atom. The van der Waals surface area contributed by atoms with Gasteiger partial charge in [-0.2, -0.15) is 0 Å². The van der Waals surface area contributed by atoms with Crippen LogP contribution in [0.3, 0.4) is 0 Å². The van der Waals surface area contributed by atoms with Crippen molar-refractivity contribution in [2.75, 3.05) is 32.7 Å². The number of nitrogens with zero attached hydrogens (tertiary/aromatic N) is 2. The Bertz CT molecular complexity index is 528. The summed E-state index contributed by atoms with van der Waals surface area (Å²) in [5.41, 5.74) is 3.21. The smallest absolute Gasteiger partial charge is 0.0233 e. The fourth-order valence-electron chi connectivity index (χ4n) is 4.43. The SMILES string of the molecule is CCCCN1CC(C2CCN(Cc3ccccc3)CC2)=CC(CC)C1. The molecule has 2 heterocycles. The number of hydrogen-bond donors (Lipinski definition) is 0. The van der Waals surface area contributed by atoms with Gasteiger partial charge in [-0.1, -0.05) is 62.2 Å². The number of unbranched alkanes of at least 4 members (excludes halogenated alkanes) is 1. The lowest BCUT2D eigenvalue weighted by molar-refractivity contribution is 0.175. The Balaban J connectivity index is 1.53. The first-order valence-electron chi connectivity index (χ1n) is 10.5. The molecule has 2 nitrogen and oxygen atoms in total. The molecule has 2 aliphatic rings. The second kappa shape index (κ2) is 9.54. The highest BCUT2D eigenvalue weighted by atomic mass is 15.1. The van der Waals surface area contributed by atoms with Gasteiger partial charge in [0.05, 0.1) is 0 Å². The molecule has 1 atom stereocenters. The van der Waals surface area contributed by atoms with Gasteiger partial charge in [-0.05, 0) is 62.7 Å². The average molecular weight is 341 g/mol. The van der Waals surface area contributed by atoms with Gasteiger partial charge in [0.2, 0.25) is 0 Å². The van der Waals surface area contributed by atoms with Crippen LogP contribution in [-0.4, -0.2) is 42.5 Å². The summed E-state index contributed by atoms with van der Waals surface area (Å²) in [6, 6.07) is 10.9. The minimum atomic E-state index is 0.781. The second-order valence-corrected chi connectivity index (χ2v) is 8.03. The van der Waals surface area contributed by atoms with Crippen molar-refractivity contribution >= 4 is 0 Å². The molecule has 0 N–H and O–H groups in total. The third-order valence-electron chi connectivity index (χ3n) is 6.06. The van der Waals surface area contributed by atoms with Crippen LogP contribution in [0.25, 0.3) is 0 Å². The Hall–Kier alpha value is -1.12. The summed E-state index contributed by atoms with van der Waals surface area (Å²) in [6.45, 7) is 12.1. The van der Waals surface area contributed by atoms with Gasteiger partial charge < -0.3 is 0 Å². The third-order valence-corrected chi connectivity index (χ3v) is 6.06. The van der Waals surface area contributed by atoms with Gasteiger partial charge in [0.25, 0.3) is 0 Å². The maximum Gasteiger partial charge on any atom is 0.0233 e. The van der Waals surface area contributed by atoms with Crippen molar-refractivity contribution in [3.63, 3.8) is 0 Å². The zero-order valence-electron chi connectivity index (χ0n) is 16.3. The van der Waals surface area contributed by atoms with Crippen LogP contribution in [0.5, 0.6) is 0 Å². The number of hydrogen-bond acceptors (Lipinski definition) is 2. The predicted octanol–water partition coefficient (Wildman–Crippen LogP) is 4.97. The molecule has 1 aromatic rings. The van der Waals surface area contributed by atoms with Crippen molar-refractivity contribution in [3.05, 3.63) is 47.5 Å². The highest BCUT2D eigenvalue weighted by Crippen LogP contribution is 2.30. The molecule has 25 heavy (non-hydrogen) atoms. The molecule has 1 unspecified atom stereocenters. The molecule has 0 aliphatic carbocycles. The lowest BCUT2D eigenvalue weighted by atomic mass is 9.84. The number of piperidine rings is 1. The maximum absolute atomic E-state index is 2.73. The fraction of sp³-hybridized carbons (Fsp3) is 0.652. The van der Waals surface area contributed by atoms with Gasteiger partial charge in [-0.25, -0.2) is 0 Å². The second-order valence-electron chi connectivity index (χ2n) is 8.03. The van der Waals surface area contributed by atoms with E-state index in [1.54, 1.807) is 5.57 Å². The van der Waals surface area contributed by atoms with E-state index in [2.05, 4.69) is 60.1 Å². The van der Waals surface area contributed by atoms with E-state index in [-0.39, 0.29) is 0 Å². The van der Waals surface area contributed by atoms with Crippen LogP contribution in [0, 0.1) is 11.8 Å². The summed E-state index contributed by atoms with van der Waals surface area (Å²) >= 11 is 0. The summed E-state index contributed by atoms with van der Waals surface area (Å²) < 4.78 is 0. The van der Waals surface area contributed by atoms with E-state index in [9.17, 15) is 0 Å². The summed E-state index contributed by atoms with van der Waals surface area (Å²) in [5, 5.41) is 0. The van der Waals surface area contributed by atoms with Crippen LogP contribution in [0.1, 0.15) is 51.5 Å². The van der Waals surface area contributed by atoms with Gasteiger partial charge in [0.15, 0.2) is 0 Å². The first-order chi connectivity index (χ1) is 12.3. The largest absolute Gasteiger partial charge is 0.299 e. The Morgan fingerprint density at radius 3 is 2.44 bits per heavy atom. The summed E-state index contributed by atoms with van der Waals surface area (Å²) in [4.78, 5) is 5.37. The molecule has 0 spiro atoms. The Labute approximate surface area is 154 Å². The molecule has 0 radical (unpaired) electrons. The molecule has 1 fully saturated rings. The van der Waals surface area contributed by atoms with Crippen LogP contribution in [0.15, 0.2) is 42.0 Å². The first-order valence-corrected chi connectivity index (χ1v) is 10.5. The van der Waals surface area contributed by atoms with Crippen molar-refractivity contribution in [1.29, 1.82) is 0 Å². The molecule has 3 rings (SSSR count). The summed E-state index contributed by atoms with van der Waals surface area (Å²) in [5.74, 6) is 1.61. The van der Waals surface area contributed by atoms with Gasteiger partial charge in [-0.15, -0.1) is 0 Å². The monoisotopic (exact) mass is 340 g/mol. The van der Waals surface area contributed by atoms with Crippen molar-refractivity contribution in [3.8, 4) is 0 Å². The Kier molecular flexibility index (Phi) is 7.12. The molecular weight excluding hydrogens is 304 g/mol. The van der Waals surface area contributed by atoms with Gasteiger partial charge >= 0.3 is 0 Å². The summed E-state index contributed by atoms with van der Waals surface area (Å²) in [7, 11) is 0. The zero-order chi connectivity index (χ0) is 17.5. The summed E-state index contributed by atoms with van der Waals surface area (Å²) in [6.07, 6.45) is 9.29. The van der Waals surface area contributed by atoms with E-state index in [0.717, 1.165) is 18.4 Å². The van der Waals surface area contributed by atoms with Gasteiger partial charge in [0, 0.05) is 19.6 Å². The van der Waals surface area contributed by atoms with Gasteiger partial charge in [-0.3, -0.25) is 9.80 Å². The molecule has 1 saturated heterocycles. The van der Waals surface area contributed by atoms with E-state index in [4.69, 9.17) is 0 Å². The predicted molar refractivity (Wildman–Crippen MR) is 108 cm³/mol. The average Bonchev–Trinajstić information content (AvgIpc) is 2.67. The van der Waals surface area contributed by atoms with Crippen molar-refractivity contribution in [1.82, 2.24) is 9.80 Å². The van der Waals surface area contributed by atoms with Gasteiger partial charge in [0.1, 0.15) is 0 Å². The van der Waals surface area contributed by atoms with Crippen LogP contribution >= 0.6 is 0 Å². The maximum atomic E-state index is 2.73. The minimum Gasteiger partial charge on any atom is -0.299 e. The van der Waals surface area contributed by atoms with E-state index in [1.165, 1.54) is 70.4 Å². The standard InChI is InChI=1S/C23H36N2/c1-3-5-13-25-17-20(4-2)16-23(19-25)22-11-14-24(15-12-22)18-21-9-7-6-8-10-21/h6-10,16,20,22H,3-5,11-15,17-19H2,1-2H3. The zero-order valence-corrected chi connectivity index (χ0v) is 16.3. The van der Waals surface area contributed by atoms with E-state index in [1.807, 2.05) is 0 Å². The van der Waals surface area contributed by atoms with E-state index < -0.39 is 0 Å². The number of likely N-dealkylation sites (tertiary alicyclic amines) is 1. The minimum absolute atomic E-state index is 0.781. The molecule has 0 aromatic heterocycles. The van der Waals surface area contributed by atoms with E-state index >= 15 is 0 Å². The van der Waals surface area contributed by atoms with Crippen molar-refractivity contribution in [2.24, 2.45) is 11.8 Å². The molecule has 1 aromatic carbocycles. The van der Waals surface area contributed by atoms with Crippen LogP contribution < -0.4 is 0 Å². The van der Waals surface area contributed by atoms with Crippen LogP contribution in [0.4, 0.5) is 0 Å². The fourth-order valence-corrected chi connectivity index (χ4v) is 4.43. The van der Waals surface area contributed by atoms with Crippen molar-refractivity contribution in [2.45, 2.75) is 52.5 Å². The molecule has 0 amide bonds.